The summed E-state index contributed by atoms with van der Waals surface area (Å²) < 4.78 is 19.4. The van der Waals surface area contributed by atoms with E-state index < -0.39 is 17.2 Å². The number of amides is 1. The van der Waals surface area contributed by atoms with Crippen LogP contribution in [0.3, 0.4) is 0 Å². The van der Waals surface area contributed by atoms with Crippen LogP contribution in [0.25, 0.3) is 0 Å². The maximum absolute atomic E-state index is 13.6. The molecular formula is C20H17ClFNO4. The zero-order valence-corrected chi connectivity index (χ0v) is 15.1. The number of benzene rings is 2. The second kappa shape index (κ2) is 6.53. The van der Waals surface area contributed by atoms with E-state index in [1.54, 1.807) is 18.2 Å². The van der Waals surface area contributed by atoms with E-state index >= 15 is 0 Å². The summed E-state index contributed by atoms with van der Waals surface area (Å²) in [7, 11) is 0. The first kappa shape index (κ1) is 17.8. The van der Waals surface area contributed by atoms with Crippen molar-refractivity contribution in [3.8, 4) is 5.75 Å². The number of aromatic carboxylic acids is 1. The van der Waals surface area contributed by atoms with Crippen LogP contribution in [-0.4, -0.2) is 23.1 Å². The minimum Gasteiger partial charge on any atom is -0.490 e. The molecule has 1 aliphatic carbocycles. The molecule has 1 spiro atoms. The lowest BCUT2D eigenvalue weighted by molar-refractivity contribution is -0.122. The lowest BCUT2D eigenvalue weighted by atomic mass is 9.69. The first-order valence-corrected chi connectivity index (χ1v) is 9.08. The Hall–Kier alpha value is -2.60. The van der Waals surface area contributed by atoms with Gasteiger partial charge in [0.05, 0.1) is 22.1 Å². The molecule has 0 unspecified atom stereocenters. The molecular weight excluding hydrogens is 373 g/mol. The number of anilines is 1. The fourth-order valence-corrected chi connectivity index (χ4v) is 4.11. The Morgan fingerprint density at radius 1 is 1.22 bits per heavy atom. The first-order valence-electron chi connectivity index (χ1n) is 8.70. The zero-order chi connectivity index (χ0) is 19.2. The molecule has 0 radical (unpaired) electrons. The number of carbonyl (C=O) groups excluding carboxylic acids is 1. The number of carboxylic acids is 1. The molecule has 2 aromatic carbocycles. The Bertz CT molecular complexity index is 938. The Labute approximate surface area is 160 Å². The molecule has 1 amide bonds. The highest BCUT2D eigenvalue weighted by Gasteiger charge is 2.49. The molecule has 0 aromatic heterocycles. The lowest BCUT2D eigenvalue weighted by Gasteiger charge is -2.35. The number of fused-ring (bicyclic) bond motifs is 2. The van der Waals surface area contributed by atoms with E-state index in [0.717, 1.165) is 5.56 Å². The van der Waals surface area contributed by atoms with Gasteiger partial charge >= 0.3 is 5.97 Å². The normalized spacial score (nSPS) is 23.8. The highest BCUT2D eigenvalue weighted by atomic mass is 35.5. The van der Waals surface area contributed by atoms with Crippen molar-refractivity contribution in [1.82, 2.24) is 0 Å². The second-order valence-electron chi connectivity index (χ2n) is 6.99. The highest BCUT2D eigenvalue weighted by Crippen LogP contribution is 2.48. The van der Waals surface area contributed by atoms with Crippen LogP contribution in [0.2, 0.25) is 5.02 Å². The van der Waals surface area contributed by atoms with Gasteiger partial charge < -0.3 is 15.2 Å². The molecule has 2 aliphatic rings. The van der Waals surface area contributed by atoms with Gasteiger partial charge in [0.1, 0.15) is 11.6 Å². The molecule has 7 heteroatoms. The molecule has 27 heavy (non-hydrogen) atoms. The van der Waals surface area contributed by atoms with Gasteiger partial charge in [-0.1, -0.05) is 11.6 Å². The Balaban J connectivity index is 1.53. The third kappa shape index (κ3) is 3.04. The van der Waals surface area contributed by atoms with Crippen molar-refractivity contribution in [2.45, 2.75) is 37.2 Å². The van der Waals surface area contributed by atoms with Crippen LogP contribution in [0, 0.1) is 5.82 Å². The second-order valence-corrected chi connectivity index (χ2v) is 7.40. The standard InChI is InChI=1S/C20H17ClFNO4/c21-15-3-2-13(10-16(15)22)27-12-5-7-20(8-6-12)14-9-11(18(24)25)1-4-17(14)23-19(20)26/h1-4,9-10,12H,5-8H2,(H,23,26)(H,24,25). The summed E-state index contributed by atoms with van der Waals surface area (Å²) in [5.41, 5.74) is 0.846. The Morgan fingerprint density at radius 3 is 2.63 bits per heavy atom. The molecule has 0 saturated heterocycles. The summed E-state index contributed by atoms with van der Waals surface area (Å²) in [5, 5.41) is 12.2. The van der Waals surface area contributed by atoms with Gasteiger partial charge in [-0.2, -0.15) is 0 Å². The SMILES string of the molecule is O=C(O)c1ccc2c(c1)C1(CCC(Oc3ccc(Cl)c(F)c3)CC1)C(=O)N2. The van der Waals surface area contributed by atoms with E-state index in [0.29, 0.717) is 37.1 Å². The number of carboxylic acid groups (broad SMARTS) is 1. The maximum Gasteiger partial charge on any atom is 0.335 e. The molecule has 2 N–H and O–H groups in total. The molecule has 1 saturated carbocycles. The molecule has 0 bridgehead atoms. The minimum absolute atomic E-state index is 0.0402. The quantitative estimate of drug-likeness (QED) is 0.816. The van der Waals surface area contributed by atoms with Gasteiger partial charge in [0, 0.05) is 11.8 Å². The average molecular weight is 390 g/mol. The third-order valence-electron chi connectivity index (χ3n) is 5.44. The monoisotopic (exact) mass is 389 g/mol. The number of ether oxygens (including phenoxy) is 1. The van der Waals surface area contributed by atoms with Gasteiger partial charge in [0.15, 0.2) is 0 Å². The lowest BCUT2D eigenvalue weighted by Crippen LogP contribution is -2.41. The van der Waals surface area contributed by atoms with Crippen LogP contribution in [0.4, 0.5) is 10.1 Å². The van der Waals surface area contributed by atoms with Crippen LogP contribution < -0.4 is 10.1 Å². The smallest absolute Gasteiger partial charge is 0.335 e. The van der Waals surface area contributed by atoms with Crippen LogP contribution >= 0.6 is 11.6 Å². The van der Waals surface area contributed by atoms with Crippen molar-refractivity contribution in [3.05, 3.63) is 58.4 Å². The van der Waals surface area contributed by atoms with Crippen LogP contribution in [0.5, 0.6) is 5.75 Å². The number of halogens is 2. The average Bonchev–Trinajstić information content (AvgIpc) is 2.91. The molecule has 1 heterocycles. The summed E-state index contributed by atoms with van der Waals surface area (Å²) >= 11 is 5.69. The van der Waals surface area contributed by atoms with Crippen molar-refractivity contribution in [2.75, 3.05) is 5.32 Å². The number of rotatable bonds is 3. The summed E-state index contributed by atoms with van der Waals surface area (Å²) in [4.78, 5) is 24.0. The van der Waals surface area contributed by atoms with Gasteiger partial charge in [0.2, 0.25) is 5.91 Å². The fraction of sp³-hybridized carbons (Fsp3) is 0.300. The van der Waals surface area contributed by atoms with Crippen molar-refractivity contribution in [3.63, 3.8) is 0 Å². The van der Waals surface area contributed by atoms with Gasteiger partial charge in [-0.05, 0) is 61.6 Å². The van der Waals surface area contributed by atoms with E-state index in [1.807, 2.05) is 0 Å². The number of carbonyl (C=O) groups is 2. The largest absolute Gasteiger partial charge is 0.490 e. The van der Waals surface area contributed by atoms with Crippen molar-refractivity contribution in [2.24, 2.45) is 0 Å². The molecule has 1 fully saturated rings. The predicted molar refractivity (Wildman–Crippen MR) is 98.0 cm³/mol. The maximum atomic E-state index is 13.6. The Kier molecular flexibility index (Phi) is 4.30. The molecule has 0 atom stereocenters. The molecule has 140 valence electrons. The van der Waals surface area contributed by atoms with Crippen molar-refractivity contribution < 1.29 is 23.8 Å². The molecule has 1 aliphatic heterocycles. The van der Waals surface area contributed by atoms with E-state index in [-0.39, 0.29) is 22.6 Å². The zero-order valence-electron chi connectivity index (χ0n) is 14.3. The minimum atomic E-state index is -1.02. The highest BCUT2D eigenvalue weighted by molar-refractivity contribution is 6.30. The molecule has 5 nitrogen and oxygen atoms in total. The van der Waals surface area contributed by atoms with Crippen molar-refractivity contribution >= 4 is 29.2 Å². The van der Waals surface area contributed by atoms with Gasteiger partial charge in [0.25, 0.3) is 0 Å². The van der Waals surface area contributed by atoms with Crippen LogP contribution in [0.15, 0.2) is 36.4 Å². The summed E-state index contributed by atoms with van der Waals surface area (Å²) in [5.74, 6) is -1.25. The van der Waals surface area contributed by atoms with Crippen molar-refractivity contribution in [1.29, 1.82) is 0 Å². The summed E-state index contributed by atoms with van der Waals surface area (Å²) in [6.45, 7) is 0. The summed E-state index contributed by atoms with van der Waals surface area (Å²) in [6.07, 6.45) is 2.14. The summed E-state index contributed by atoms with van der Waals surface area (Å²) in [6, 6.07) is 9.04. The first-order chi connectivity index (χ1) is 12.9. The third-order valence-corrected chi connectivity index (χ3v) is 5.75. The molecule has 2 aromatic rings. The fourth-order valence-electron chi connectivity index (χ4n) is 3.99. The number of hydrogen-bond acceptors (Lipinski definition) is 3. The van der Waals surface area contributed by atoms with Gasteiger partial charge in [-0.15, -0.1) is 0 Å². The van der Waals surface area contributed by atoms with E-state index in [9.17, 15) is 19.1 Å². The van der Waals surface area contributed by atoms with Crippen LogP contribution in [0.1, 0.15) is 41.6 Å². The van der Waals surface area contributed by atoms with Gasteiger partial charge in [-0.3, -0.25) is 4.79 Å². The van der Waals surface area contributed by atoms with Crippen LogP contribution in [-0.2, 0) is 10.2 Å². The predicted octanol–water partition coefficient (Wildman–Crippen LogP) is 4.39. The number of nitrogens with one attached hydrogen (secondary N) is 1. The Morgan fingerprint density at radius 2 is 1.96 bits per heavy atom. The van der Waals surface area contributed by atoms with E-state index in [1.165, 1.54) is 18.2 Å². The topological polar surface area (TPSA) is 75.6 Å². The van der Waals surface area contributed by atoms with E-state index in [4.69, 9.17) is 16.3 Å². The van der Waals surface area contributed by atoms with E-state index in [2.05, 4.69) is 5.32 Å². The van der Waals surface area contributed by atoms with Gasteiger partial charge in [-0.25, -0.2) is 9.18 Å². The molecule has 4 rings (SSSR count). The number of hydrogen-bond donors (Lipinski definition) is 2.